The molecule has 1 aliphatic heterocycles. The second kappa shape index (κ2) is 8.65. The lowest BCUT2D eigenvalue weighted by Gasteiger charge is -2.17. The van der Waals surface area contributed by atoms with Gasteiger partial charge in [0.05, 0.1) is 26.7 Å². The molecule has 0 bridgehead atoms. The highest BCUT2D eigenvalue weighted by Gasteiger charge is 2.30. The predicted molar refractivity (Wildman–Crippen MR) is 100 cm³/mol. The van der Waals surface area contributed by atoms with Crippen LogP contribution < -0.4 is 18.9 Å². The van der Waals surface area contributed by atoms with Gasteiger partial charge < -0.3 is 23.7 Å². The molecule has 28 heavy (non-hydrogen) atoms. The van der Waals surface area contributed by atoms with E-state index >= 15 is 0 Å². The molecular weight excluding hydrogens is 364 g/mol. The molecule has 0 saturated carbocycles. The first-order chi connectivity index (χ1) is 13.6. The van der Waals surface area contributed by atoms with Gasteiger partial charge in [-0.15, -0.1) is 0 Å². The van der Waals surface area contributed by atoms with Gasteiger partial charge in [-0.2, -0.15) is 0 Å². The maximum absolute atomic E-state index is 12.8. The van der Waals surface area contributed by atoms with E-state index in [2.05, 4.69) is 0 Å². The summed E-state index contributed by atoms with van der Waals surface area (Å²) in [6.07, 6.45) is -0.0477. The first-order valence-corrected chi connectivity index (χ1v) is 8.88. The van der Waals surface area contributed by atoms with Gasteiger partial charge in [0.15, 0.2) is 17.3 Å². The van der Waals surface area contributed by atoms with Gasteiger partial charge in [0.1, 0.15) is 5.75 Å². The highest BCUT2D eigenvalue weighted by atomic mass is 16.7. The second-order valence-corrected chi connectivity index (χ2v) is 6.12. The van der Waals surface area contributed by atoms with Crippen LogP contribution in [0.3, 0.4) is 0 Å². The lowest BCUT2D eigenvalue weighted by Crippen LogP contribution is -2.19. The van der Waals surface area contributed by atoms with Crippen molar-refractivity contribution in [2.24, 2.45) is 0 Å². The van der Waals surface area contributed by atoms with E-state index in [9.17, 15) is 9.59 Å². The fourth-order valence-corrected chi connectivity index (χ4v) is 3.01. The van der Waals surface area contributed by atoms with Gasteiger partial charge in [0.2, 0.25) is 12.5 Å². The van der Waals surface area contributed by atoms with Crippen LogP contribution in [0.2, 0.25) is 0 Å². The highest BCUT2D eigenvalue weighted by Crippen LogP contribution is 2.44. The molecule has 1 atom stereocenters. The Labute approximate surface area is 163 Å². The minimum atomic E-state index is -0.794. The summed E-state index contributed by atoms with van der Waals surface area (Å²) in [5.41, 5.74) is 1.06. The van der Waals surface area contributed by atoms with Gasteiger partial charge in [0, 0.05) is 12.0 Å². The summed E-state index contributed by atoms with van der Waals surface area (Å²) < 4.78 is 26.5. The Morgan fingerprint density at radius 2 is 1.82 bits per heavy atom. The zero-order chi connectivity index (χ0) is 20.1. The number of ketones is 1. The maximum atomic E-state index is 12.8. The molecule has 2 aromatic carbocycles. The van der Waals surface area contributed by atoms with E-state index in [-0.39, 0.29) is 25.6 Å². The number of esters is 1. The van der Waals surface area contributed by atoms with Crippen molar-refractivity contribution in [2.75, 3.05) is 27.6 Å². The summed E-state index contributed by atoms with van der Waals surface area (Å²) in [6.45, 7) is 2.01. The second-order valence-electron chi connectivity index (χ2n) is 6.12. The molecular formula is C21H22O7. The maximum Gasteiger partial charge on any atom is 0.313 e. The first kappa shape index (κ1) is 19.5. The van der Waals surface area contributed by atoms with E-state index < -0.39 is 11.9 Å². The molecule has 1 heterocycles. The SMILES string of the molecule is CCOC(=O)C(CC(=O)c1ccc(OC)cc1)c1cc(OC)c2c(c1)OCO2. The Kier molecular flexibility index (Phi) is 6.03. The first-order valence-electron chi connectivity index (χ1n) is 8.88. The molecule has 148 valence electrons. The van der Waals surface area contributed by atoms with E-state index in [0.717, 1.165) is 0 Å². The third kappa shape index (κ3) is 4.03. The van der Waals surface area contributed by atoms with Gasteiger partial charge in [0.25, 0.3) is 0 Å². The number of rotatable bonds is 8. The third-order valence-electron chi connectivity index (χ3n) is 4.46. The quantitative estimate of drug-likeness (QED) is 0.508. The fraction of sp³-hybridized carbons (Fsp3) is 0.333. The zero-order valence-electron chi connectivity index (χ0n) is 16.0. The van der Waals surface area contributed by atoms with Gasteiger partial charge in [-0.1, -0.05) is 0 Å². The molecule has 0 fully saturated rings. The van der Waals surface area contributed by atoms with Crippen LogP contribution in [0.5, 0.6) is 23.0 Å². The largest absolute Gasteiger partial charge is 0.497 e. The van der Waals surface area contributed by atoms with Gasteiger partial charge >= 0.3 is 5.97 Å². The smallest absolute Gasteiger partial charge is 0.313 e. The van der Waals surface area contributed by atoms with Crippen LogP contribution in [-0.2, 0) is 9.53 Å². The van der Waals surface area contributed by atoms with Gasteiger partial charge in [-0.25, -0.2) is 0 Å². The zero-order valence-corrected chi connectivity index (χ0v) is 16.0. The number of hydrogen-bond acceptors (Lipinski definition) is 7. The summed E-state index contributed by atoms with van der Waals surface area (Å²) in [5.74, 6) is 0.589. The average molecular weight is 386 g/mol. The molecule has 0 radical (unpaired) electrons. The van der Waals surface area contributed by atoms with Gasteiger partial charge in [-0.05, 0) is 48.9 Å². The molecule has 2 aromatic rings. The number of fused-ring (bicyclic) bond motifs is 1. The average Bonchev–Trinajstić information content (AvgIpc) is 3.20. The van der Waals surface area contributed by atoms with E-state index in [4.69, 9.17) is 23.7 Å². The molecule has 0 saturated heterocycles. The van der Waals surface area contributed by atoms with Crippen molar-refractivity contribution in [3.8, 4) is 23.0 Å². The Morgan fingerprint density at radius 1 is 1.07 bits per heavy atom. The van der Waals surface area contributed by atoms with Crippen molar-refractivity contribution in [1.29, 1.82) is 0 Å². The molecule has 0 N–H and O–H groups in total. The number of Topliss-reactive ketones (excluding diaryl/α,β-unsaturated/α-hetero) is 1. The van der Waals surface area contributed by atoms with Crippen molar-refractivity contribution < 1.29 is 33.3 Å². The van der Waals surface area contributed by atoms with Crippen molar-refractivity contribution >= 4 is 11.8 Å². The summed E-state index contributed by atoms with van der Waals surface area (Å²) in [5, 5.41) is 0. The summed E-state index contributed by atoms with van der Waals surface area (Å²) in [6, 6.07) is 10.1. The summed E-state index contributed by atoms with van der Waals surface area (Å²) >= 11 is 0. The fourth-order valence-electron chi connectivity index (χ4n) is 3.01. The number of methoxy groups -OCH3 is 2. The van der Waals surface area contributed by atoms with Crippen molar-refractivity contribution in [3.05, 3.63) is 47.5 Å². The van der Waals surface area contributed by atoms with E-state index in [0.29, 0.717) is 34.1 Å². The summed E-state index contributed by atoms with van der Waals surface area (Å²) in [7, 11) is 3.06. The molecule has 0 aliphatic carbocycles. The molecule has 0 amide bonds. The molecule has 1 aliphatic rings. The van der Waals surface area contributed by atoms with Crippen LogP contribution in [0.4, 0.5) is 0 Å². The van der Waals surface area contributed by atoms with Crippen LogP contribution in [0.25, 0.3) is 0 Å². The van der Waals surface area contributed by atoms with Crippen LogP contribution in [0, 0.1) is 0 Å². The minimum Gasteiger partial charge on any atom is -0.497 e. The number of carbonyl (C=O) groups is 2. The molecule has 7 nitrogen and oxygen atoms in total. The lowest BCUT2D eigenvalue weighted by molar-refractivity contribution is -0.144. The standard InChI is InChI=1S/C21H22O7/c1-4-26-21(23)16(11-17(22)13-5-7-15(24-2)8-6-13)14-9-18(25-3)20-19(10-14)27-12-28-20/h5-10,16H,4,11-12H2,1-3H3. The highest BCUT2D eigenvalue weighted by molar-refractivity contribution is 5.99. The number of benzene rings is 2. The molecule has 3 rings (SSSR count). The molecule has 0 spiro atoms. The molecule has 0 aromatic heterocycles. The van der Waals surface area contributed by atoms with Crippen LogP contribution >= 0.6 is 0 Å². The number of ether oxygens (including phenoxy) is 5. The van der Waals surface area contributed by atoms with E-state index in [1.807, 2.05) is 0 Å². The Balaban J connectivity index is 1.91. The molecule has 7 heteroatoms. The Hall–Kier alpha value is -3.22. The van der Waals surface area contributed by atoms with Gasteiger partial charge in [-0.3, -0.25) is 9.59 Å². The Morgan fingerprint density at radius 3 is 2.46 bits per heavy atom. The third-order valence-corrected chi connectivity index (χ3v) is 4.46. The van der Waals surface area contributed by atoms with E-state index in [1.165, 1.54) is 7.11 Å². The predicted octanol–water partition coefficient (Wildman–Crippen LogP) is 3.35. The molecule has 1 unspecified atom stereocenters. The lowest BCUT2D eigenvalue weighted by atomic mass is 9.91. The normalized spacial score (nSPS) is 13.0. The van der Waals surface area contributed by atoms with Crippen LogP contribution in [0.15, 0.2) is 36.4 Å². The Bertz CT molecular complexity index is 858. The van der Waals surface area contributed by atoms with Crippen LogP contribution in [0.1, 0.15) is 35.2 Å². The monoisotopic (exact) mass is 386 g/mol. The van der Waals surface area contributed by atoms with Crippen molar-refractivity contribution in [2.45, 2.75) is 19.3 Å². The number of hydrogen-bond donors (Lipinski definition) is 0. The summed E-state index contributed by atoms with van der Waals surface area (Å²) in [4.78, 5) is 25.4. The minimum absolute atomic E-state index is 0.0477. The van der Waals surface area contributed by atoms with Crippen molar-refractivity contribution in [3.63, 3.8) is 0 Å². The van der Waals surface area contributed by atoms with Crippen LogP contribution in [-0.4, -0.2) is 39.4 Å². The van der Waals surface area contributed by atoms with Crippen molar-refractivity contribution in [1.82, 2.24) is 0 Å². The topological polar surface area (TPSA) is 80.3 Å². The number of carbonyl (C=O) groups excluding carboxylic acids is 2. The van der Waals surface area contributed by atoms with E-state index in [1.54, 1.807) is 50.4 Å².